The molecule has 0 aliphatic rings. The first-order valence-electron chi connectivity index (χ1n) is 8.49. The first-order chi connectivity index (χ1) is 12.9. The number of nitrogens with one attached hydrogen (secondary N) is 2. The molecule has 0 saturated carbocycles. The van der Waals surface area contributed by atoms with Crippen molar-refractivity contribution in [3.63, 3.8) is 0 Å². The minimum atomic E-state index is -1.10. The third-order valence-corrected chi connectivity index (χ3v) is 4.03. The summed E-state index contributed by atoms with van der Waals surface area (Å²) in [7, 11) is 4.67. The van der Waals surface area contributed by atoms with Gasteiger partial charge in [-0.15, -0.1) is 0 Å². The Hall–Kier alpha value is -2.93. The van der Waals surface area contributed by atoms with E-state index in [2.05, 4.69) is 10.6 Å². The zero-order valence-corrected chi connectivity index (χ0v) is 16.0. The Balaban J connectivity index is 1.91. The van der Waals surface area contributed by atoms with Crippen molar-refractivity contribution >= 4 is 11.7 Å². The van der Waals surface area contributed by atoms with E-state index in [0.717, 1.165) is 11.3 Å². The molecule has 2 rings (SSSR count). The van der Waals surface area contributed by atoms with Crippen LogP contribution in [-0.2, 0) is 6.42 Å². The van der Waals surface area contributed by atoms with Crippen molar-refractivity contribution in [3.8, 4) is 17.2 Å². The van der Waals surface area contributed by atoms with Gasteiger partial charge in [0.1, 0.15) is 17.2 Å². The fraction of sp³-hybridized carbons (Fsp3) is 0.350. The fourth-order valence-corrected chi connectivity index (χ4v) is 2.58. The highest BCUT2D eigenvalue weighted by Crippen LogP contribution is 2.28. The predicted octanol–water partition coefficient (Wildman–Crippen LogP) is 2.83. The normalized spacial score (nSPS) is 12.6. The van der Waals surface area contributed by atoms with Crippen LogP contribution < -0.4 is 24.8 Å². The number of amides is 2. The van der Waals surface area contributed by atoms with Crippen LogP contribution in [0.15, 0.2) is 42.5 Å². The van der Waals surface area contributed by atoms with Crippen LogP contribution in [0.3, 0.4) is 0 Å². The number of hydrogen-bond donors (Lipinski definition) is 3. The Morgan fingerprint density at radius 3 is 2.22 bits per heavy atom. The van der Waals surface area contributed by atoms with Crippen LogP contribution >= 0.6 is 0 Å². The van der Waals surface area contributed by atoms with Gasteiger partial charge in [-0.3, -0.25) is 0 Å². The van der Waals surface area contributed by atoms with E-state index >= 15 is 0 Å². The SMILES string of the molecule is COc1ccc(CC(C)(O)CNC(=O)Nc2ccc(OC)cc2OC)cc1. The lowest BCUT2D eigenvalue weighted by Gasteiger charge is -2.24. The van der Waals surface area contributed by atoms with E-state index in [9.17, 15) is 9.90 Å². The van der Waals surface area contributed by atoms with Crippen molar-refractivity contribution in [1.82, 2.24) is 5.32 Å². The average Bonchev–Trinajstić information content (AvgIpc) is 2.67. The smallest absolute Gasteiger partial charge is 0.319 e. The highest BCUT2D eigenvalue weighted by atomic mass is 16.5. The second kappa shape index (κ2) is 9.14. The molecule has 2 aromatic rings. The summed E-state index contributed by atoms with van der Waals surface area (Å²) in [5.74, 6) is 1.86. The van der Waals surface area contributed by atoms with Gasteiger partial charge < -0.3 is 30.0 Å². The molecule has 0 heterocycles. The second-order valence-corrected chi connectivity index (χ2v) is 6.40. The Kier molecular flexibility index (Phi) is 6.90. The molecule has 7 heteroatoms. The number of carbonyl (C=O) groups excluding carboxylic acids is 1. The van der Waals surface area contributed by atoms with E-state index in [1.54, 1.807) is 39.3 Å². The van der Waals surface area contributed by atoms with Crippen LogP contribution in [0.1, 0.15) is 12.5 Å². The number of benzene rings is 2. The maximum atomic E-state index is 12.2. The van der Waals surface area contributed by atoms with Crippen molar-refractivity contribution in [1.29, 1.82) is 0 Å². The highest BCUT2D eigenvalue weighted by molar-refractivity contribution is 5.91. The van der Waals surface area contributed by atoms with E-state index in [0.29, 0.717) is 23.6 Å². The quantitative estimate of drug-likeness (QED) is 0.661. The lowest BCUT2D eigenvalue weighted by molar-refractivity contribution is 0.0629. The van der Waals surface area contributed by atoms with E-state index in [-0.39, 0.29) is 6.54 Å². The molecule has 0 radical (unpaired) electrons. The lowest BCUT2D eigenvalue weighted by atomic mass is 9.96. The number of rotatable bonds is 8. The molecule has 0 saturated heterocycles. The van der Waals surface area contributed by atoms with Gasteiger partial charge in [-0.2, -0.15) is 0 Å². The number of hydrogen-bond acceptors (Lipinski definition) is 5. The molecule has 0 bridgehead atoms. The Morgan fingerprint density at radius 2 is 1.63 bits per heavy atom. The van der Waals surface area contributed by atoms with Gasteiger partial charge in [0.2, 0.25) is 0 Å². The van der Waals surface area contributed by atoms with Crippen LogP contribution in [-0.4, -0.2) is 44.6 Å². The maximum absolute atomic E-state index is 12.2. The molecule has 1 atom stereocenters. The van der Waals surface area contributed by atoms with E-state index in [4.69, 9.17) is 14.2 Å². The van der Waals surface area contributed by atoms with Crippen molar-refractivity contribution in [2.24, 2.45) is 0 Å². The molecule has 3 N–H and O–H groups in total. The van der Waals surface area contributed by atoms with Gasteiger partial charge in [-0.1, -0.05) is 12.1 Å². The number of ether oxygens (including phenoxy) is 3. The summed E-state index contributed by atoms with van der Waals surface area (Å²) in [6.45, 7) is 1.76. The van der Waals surface area contributed by atoms with Crippen LogP contribution in [0.4, 0.5) is 10.5 Å². The minimum absolute atomic E-state index is 0.0866. The first kappa shape index (κ1) is 20.4. The molecule has 1 unspecified atom stereocenters. The van der Waals surface area contributed by atoms with E-state index in [1.165, 1.54) is 7.11 Å². The van der Waals surface area contributed by atoms with Crippen molar-refractivity contribution in [2.75, 3.05) is 33.2 Å². The summed E-state index contributed by atoms with van der Waals surface area (Å²) < 4.78 is 15.5. The van der Waals surface area contributed by atoms with E-state index in [1.807, 2.05) is 24.3 Å². The first-order valence-corrected chi connectivity index (χ1v) is 8.49. The summed E-state index contributed by atoms with van der Waals surface area (Å²) in [6.07, 6.45) is 0.392. The van der Waals surface area contributed by atoms with Gasteiger partial charge in [-0.05, 0) is 36.8 Å². The molecule has 7 nitrogen and oxygen atoms in total. The van der Waals surface area contributed by atoms with Gasteiger partial charge in [-0.25, -0.2) is 4.79 Å². The standard InChI is InChI=1S/C20H26N2O5/c1-20(24,12-14-5-7-15(25-2)8-6-14)13-21-19(23)22-17-10-9-16(26-3)11-18(17)27-4/h5-11,24H,12-13H2,1-4H3,(H2,21,22,23). The monoisotopic (exact) mass is 374 g/mol. The minimum Gasteiger partial charge on any atom is -0.497 e. The molecule has 2 aromatic carbocycles. The number of aliphatic hydroxyl groups is 1. The van der Waals surface area contributed by atoms with Crippen LogP contribution in [0.2, 0.25) is 0 Å². The van der Waals surface area contributed by atoms with Gasteiger partial charge in [0, 0.05) is 19.0 Å². The Bertz CT molecular complexity index is 759. The third-order valence-electron chi connectivity index (χ3n) is 4.03. The van der Waals surface area contributed by atoms with Crippen LogP contribution in [0, 0.1) is 0 Å². The topological polar surface area (TPSA) is 89.1 Å². The second-order valence-electron chi connectivity index (χ2n) is 6.40. The molecule has 0 fully saturated rings. The summed E-state index contributed by atoms with van der Waals surface area (Å²) in [5.41, 5.74) is 0.348. The number of urea groups is 1. The number of anilines is 1. The zero-order chi connectivity index (χ0) is 19.9. The Morgan fingerprint density at radius 1 is 1.00 bits per heavy atom. The molecule has 0 aliphatic carbocycles. The summed E-state index contributed by atoms with van der Waals surface area (Å²) >= 11 is 0. The largest absolute Gasteiger partial charge is 0.497 e. The summed E-state index contributed by atoms with van der Waals surface area (Å²) in [6, 6.07) is 12.1. The fourth-order valence-electron chi connectivity index (χ4n) is 2.58. The average molecular weight is 374 g/mol. The predicted molar refractivity (Wildman–Crippen MR) is 104 cm³/mol. The van der Waals surface area contributed by atoms with Crippen LogP contribution in [0.25, 0.3) is 0 Å². The molecule has 0 spiro atoms. The van der Waals surface area contributed by atoms with Crippen LogP contribution in [0.5, 0.6) is 17.2 Å². The summed E-state index contributed by atoms with van der Waals surface area (Å²) in [5, 5.41) is 16.0. The van der Waals surface area contributed by atoms with Crippen molar-refractivity contribution < 1.29 is 24.1 Å². The molecule has 2 amide bonds. The van der Waals surface area contributed by atoms with Gasteiger partial charge in [0.05, 0.1) is 32.6 Å². The highest BCUT2D eigenvalue weighted by Gasteiger charge is 2.22. The number of methoxy groups -OCH3 is 3. The molecule has 0 aromatic heterocycles. The molecule has 146 valence electrons. The molecular weight excluding hydrogens is 348 g/mol. The van der Waals surface area contributed by atoms with Crippen molar-refractivity contribution in [2.45, 2.75) is 18.9 Å². The number of carbonyl (C=O) groups is 1. The third kappa shape index (κ3) is 6.07. The molecular formula is C20H26N2O5. The van der Waals surface area contributed by atoms with Gasteiger partial charge in [0.15, 0.2) is 0 Å². The molecule has 0 aliphatic heterocycles. The Labute approximate surface area is 159 Å². The van der Waals surface area contributed by atoms with Gasteiger partial charge in [0.25, 0.3) is 0 Å². The van der Waals surface area contributed by atoms with Crippen molar-refractivity contribution in [3.05, 3.63) is 48.0 Å². The molecule has 27 heavy (non-hydrogen) atoms. The van der Waals surface area contributed by atoms with E-state index < -0.39 is 11.6 Å². The summed E-state index contributed by atoms with van der Waals surface area (Å²) in [4.78, 5) is 12.2. The maximum Gasteiger partial charge on any atom is 0.319 e. The van der Waals surface area contributed by atoms with Gasteiger partial charge >= 0.3 is 6.03 Å². The lowest BCUT2D eigenvalue weighted by Crippen LogP contribution is -2.43. The zero-order valence-electron chi connectivity index (χ0n) is 16.0.